The number of hydrogen-bond donors (Lipinski definition) is 2. The van der Waals surface area contributed by atoms with Gasteiger partial charge in [-0.1, -0.05) is 11.2 Å². The molecule has 7 heteroatoms. The maximum absolute atomic E-state index is 11.9. The van der Waals surface area contributed by atoms with Gasteiger partial charge in [-0.15, -0.1) is 0 Å². The topological polar surface area (TPSA) is 83.3 Å². The van der Waals surface area contributed by atoms with Crippen LogP contribution in [0.4, 0.5) is 10.6 Å². The van der Waals surface area contributed by atoms with E-state index in [2.05, 4.69) is 43.3 Å². The molecule has 2 N–H and O–H groups in total. The first-order valence-corrected chi connectivity index (χ1v) is 7.29. The van der Waals surface area contributed by atoms with Gasteiger partial charge < -0.3 is 9.84 Å². The number of carbonyl (C=O) groups excluding carboxylic acids is 1. The van der Waals surface area contributed by atoms with E-state index in [0.29, 0.717) is 18.3 Å². The molecule has 22 heavy (non-hydrogen) atoms. The molecule has 0 saturated carbocycles. The molecular formula is C15H19N5O2. The largest absolute Gasteiger partial charge is 0.363 e. The van der Waals surface area contributed by atoms with Crippen molar-refractivity contribution in [3.8, 4) is 0 Å². The van der Waals surface area contributed by atoms with Crippen LogP contribution >= 0.6 is 0 Å². The highest BCUT2D eigenvalue weighted by molar-refractivity contribution is 5.87. The van der Waals surface area contributed by atoms with E-state index >= 15 is 0 Å². The number of anilines is 1. The molecular weight excluding hydrogens is 282 g/mol. The lowest BCUT2D eigenvalue weighted by Gasteiger charge is -2.25. The summed E-state index contributed by atoms with van der Waals surface area (Å²) in [7, 11) is 2.10. The Hall–Kier alpha value is -2.41. The molecule has 1 aliphatic rings. The van der Waals surface area contributed by atoms with E-state index in [-0.39, 0.29) is 12.1 Å². The summed E-state index contributed by atoms with van der Waals surface area (Å²) >= 11 is 0. The van der Waals surface area contributed by atoms with E-state index in [1.807, 2.05) is 12.3 Å². The standard InChI is InChI=1S/C15H19N5O2/c1-20-7-4-12(14(20)11-3-2-6-16-9-11)10-17-15(21)18-13-5-8-22-19-13/h2-3,5-6,8-9,12,14H,4,7,10H2,1H3,(H2,17,18,19,21)/t12-,14-/m0/s1. The average molecular weight is 301 g/mol. The summed E-state index contributed by atoms with van der Waals surface area (Å²) in [6.07, 6.45) is 6.13. The molecule has 3 rings (SSSR count). The van der Waals surface area contributed by atoms with Gasteiger partial charge in [-0.25, -0.2) is 4.79 Å². The Morgan fingerprint density at radius 1 is 1.50 bits per heavy atom. The van der Waals surface area contributed by atoms with Crippen LogP contribution in [0.3, 0.4) is 0 Å². The first-order chi connectivity index (χ1) is 10.7. The molecule has 1 fully saturated rings. The maximum Gasteiger partial charge on any atom is 0.320 e. The van der Waals surface area contributed by atoms with Crippen molar-refractivity contribution in [2.24, 2.45) is 5.92 Å². The molecule has 3 heterocycles. The summed E-state index contributed by atoms with van der Waals surface area (Å²) in [4.78, 5) is 18.4. The van der Waals surface area contributed by atoms with Crippen molar-refractivity contribution in [2.45, 2.75) is 12.5 Å². The van der Waals surface area contributed by atoms with Gasteiger partial charge in [-0.3, -0.25) is 15.2 Å². The number of aromatic nitrogens is 2. The van der Waals surface area contributed by atoms with E-state index < -0.39 is 0 Å². The first-order valence-electron chi connectivity index (χ1n) is 7.29. The first kappa shape index (κ1) is 14.5. The average Bonchev–Trinajstić information content (AvgIpc) is 3.16. The monoisotopic (exact) mass is 301 g/mol. The molecule has 7 nitrogen and oxygen atoms in total. The fourth-order valence-corrected chi connectivity index (χ4v) is 2.98. The molecule has 0 spiro atoms. The molecule has 0 aromatic carbocycles. The van der Waals surface area contributed by atoms with Crippen LogP contribution in [0.25, 0.3) is 0 Å². The van der Waals surface area contributed by atoms with Crippen molar-refractivity contribution in [1.82, 2.24) is 20.4 Å². The minimum atomic E-state index is -0.270. The Bertz CT molecular complexity index is 602. The van der Waals surface area contributed by atoms with Crippen LogP contribution < -0.4 is 10.6 Å². The number of likely N-dealkylation sites (tertiary alicyclic amines) is 1. The van der Waals surface area contributed by atoms with Gasteiger partial charge in [0.15, 0.2) is 5.82 Å². The second kappa shape index (κ2) is 6.57. The van der Waals surface area contributed by atoms with Gasteiger partial charge in [-0.05, 0) is 37.6 Å². The molecule has 116 valence electrons. The third-order valence-corrected chi connectivity index (χ3v) is 4.00. The maximum atomic E-state index is 11.9. The molecule has 0 radical (unpaired) electrons. The lowest BCUT2D eigenvalue weighted by atomic mass is 9.95. The Kier molecular flexibility index (Phi) is 4.34. The highest BCUT2D eigenvalue weighted by atomic mass is 16.5. The van der Waals surface area contributed by atoms with Crippen molar-refractivity contribution in [2.75, 3.05) is 25.5 Å². The van der Waals surface area contributed by atoms with Crippen LogP contribution in [-0.4, -0.2) is 41.2 Å². The number of nitrogens with one attached hydrogen (secondary N) is 2. The summed E-state index contributed by atoms with van der Waals surface area (Å²) in [5, 5.41) is 9.18. The Balaban J connectivity index is 1.58. The summed E-state index contributed by atoms with van der Waals surface area (Å²) in [5.74, 6) is 0.766. The zero-order valence-corrected chi connectivity index (χ0v) is 12.4. The number of carbonyl (C=O) groups is 1. The minimum Gasteiger partial charge on any atom is -0.363 e. The lowest BCUT2D eigenvalue weighted by molar-refractivity contribution is 0.243. The third kappa shape index (κ3) is 3.25. The van der Waals surface area contributed by atoms with Crippen LogP contribution in [0.5, 0.6) is 0 Å². The molecule has 1 saturated heterocycles. The van der Waals surface area contributed by atoms with Gasteiger partial charge in [0.05, 0.1) is 0 Å². The van der Waals surface area contributed by atoms with Gasteiger partial charge in [0.25, 0.3) is 0 Å². The number of amides is 2. The SMILES string of the molecule is CN1CC[C@@H](CNC(=O)Nc2ccon2)[C@@H]1c1cccnc1. The smallest absolute Gasteiger partial charge is 0.320 e. The minimum absolute atomic E-state index is 0.270. The fraction of sp³-hybridized carbons (Fsp3) is 0.400. The number of hydrogen-bond acceptors (Lipinski definition) is 5. The van der Waals surface area contributed by atoms with Gasteiger partial charge in [-0.2, -0.15) is 0 Å². The summed E-state index contributed by atoms with van der Waals surface area (Å²) < 4.78 is 4.68. The van der Waals surface area contributed by atoms with Crippen LogP contribution in [0.15, 0.2) is 41.4 Å². The number of pyridine rings is 1. The third-order valence-electron chi connectivity index (χ3n) is 4.00. The predicted octanol–water partition coefficient (Wildman–Crippen LogP) is 1.88. The molecule has 0 unspecified atom stereocenters. The Labute approximate surface area is 128 Å². The zero-order chi connectivity index (χ0) is 15.4. The quantitative estimate of drug-likeness (QED) is 0.901. The Morgan fingerprint density at radius 2 is 2.41 bits per heavy atom. The van der Waals surface area contributed by atoms with E-state index in [4.69, 9.17) is 0 Å². The fourth-order valence-electron chi connectivity index (χ4n) is 2.98. The second-order valence-corrected chi connectivity index (χ2v) is 5.48. The molecule has 2 atom stereocenters. The van der Waals surface area contributed by atoms with Crippen molar-refractivity contribution in [1.29, 1.82) is 0 Å². The number of urea groups is 1. The highest BCUT2D eigenvalue weighted by Gasteiger charge is 2.33. The summed E-state index contributed by atoms with van der Waals surface area (Å²) in [6.45, 7) is 1.62. The van der Waals surface area contributed by atoms with Crippen LogP contribution in [0.1, 0.15) is 18.0 Å². The zero-order valence-electron chi connectivity index (χ0n) is 12.4. The van der Waals surface area contributed by atoms with E-state index in [1.165, 1.54) is 11.8 Å². The number of nitrogens with zero attached hydrogens (tertiary/aromatic N) is 3. The van der Waals surface area contributed by atoms with Crippen LogP contribution in [-0.2, 0) is 0 Å². The van der Waals surface area contributed by atoms with Gasteiger partial charge in [0.2, 0.25) is 0 Å². The van der Waals surface area contributed by atoms with E-state index in [9.17, 15) is 4.79 Å². The molecule has 2 amide bonds. The molecule has 2 aromatic heterocycles. The van der Waals surface area contributed by atoms with Gasteiger partial charge >= 0.3 is 6.03 Å². The van der Waals surface area contributed by atoms with Crippen molar-refractivity contribution in [3.63, 3.8) is 0 Å². The predicted molar refractivity (Wildman–Crippen MR) is 81.2 cm³/mol. The van der Waals surface area contributed by atoms with Crippen LogP contribution in [0, 0.1) is 5.92 Å². The normalized spacial score (nSPS) is 21.7. The lowest BCUT2D eigenvalue weighted by Crippen LogP contribution is -2.35. The number of rotatable bonds is 4. The molecule has 0 aliphatic carbocycles. The highest BCUT2D eigenvalue weighted by Crippen LogP contribution is 2.35. The summed E-state index contributed by atoms with van der Waals surface area (Å²) in [6, 6.07) is 5.64. The van der Waals surface area contributed by atoms with Crippen molar-refractivity contribution < 1.29 is 9.32 Å². The van der Waals surface area contributed by atoms with Crippen molar-refractivity contribution >= 4 is 11.8 Å². The van der Waals surface area contributed by atoms with E-state index in [1.54, 1.807) is 12.3 Å². The Morgan fingerprint density at radius 3 is 3.14 bits per heavy atom. The molecule has 2 aromatic rings. The summed E-state index contributed by atoms with van der Waals surface area (Å²) in [5.41, 5.74) is 1.19. The molecule has 1 aliphatic heterocycles. The van der Waals surface area contributed by atoms with E-state index in [0.717, 1.165) is 13.0 Å². The van der Waals surface area contributed by atoms with Gasteiger partial charge in [0, 0.05) is 31.0 Å². The second-order valence-electron chi connectivity index (χ2n) is 5.48. The van der Waals surface area contributed by atoms with Crippen molar-refractivity contribution in [3.05, 3.63) is 42.4 Å². The van der Waals surface area contributed by atoms with Gasteiger partial charge in [0.1, 0.15) is 6.26 Å². The molecule has 0 bridgehead atoms. The van der Waals surface area contributed by atoms with Crippen LogP contribution in [0.2, 0.25) is 0 Å².